The zero-order valence-corrected chi connectivity index (χ0v) is 13.0. The van der Waals surface area contributed by atoms with Crippen LogP contribution in [0.5, 0.6) is 0 Å². The molecule has 0 aliphatic rings. The molecule has 4 nitrogen and oxygen atoms in total. The van der Waals surface area contributed by atoms with E-state index < -0.39 is 5.91 Å². The van der Waals surface area contributed by atoms with Crippen LogP contribution in [0.2, 0.25) is 10.0 Å². The Morgan fingerprint density at radius 1 is 0.952 bits per heavy atom. The summed E-state index contributed by atoms with van der Waals surface area (Å²) in [7, 11) is 0. The van der Waals surface area contributed by atoms with E-state index in [1.807, 2.05) is 0 Å². The van der Waals surface area contributed by atoms with E-state index in [2.05, 4.69) is 10.6 Å². The van der Waals surface area contributed by atoms with E-state index in [1.165, 1.54) is 0 Å². The fraction of sp³-hybridized carbons (Fsp3) is 0. The van der Waals surface area contributed by atoms with Gasteiger partial charge in [0, 0.05) is 16.9 Å². The van der Waals surface area contributed by atoms with Gasteiger partial charge < -0.3 is 16.4 Å². The summed E-state index contributed by atoms with van der Waals surface area (Å²) in [4.78, 5) is 11.0. The van der Waals surface area contributed by atoms with Crippen molar-refractivity contribution < 1.29 is 4.79 Å². The molecule has 2 aromatic carbocycles. The lowest BCUT2D eigenvalue weighted by Crippen LogP contribution is -2.19. The fourth-order valence-electron chi connectivity index (χ4n) is 1.59. The van der Waals surface area contributed by atoms with Gasteiger partial charge >= 0.3 is 0 Å². The first-order valence-corrected chi connectivity index (χ1v) is 7.05. The minimum Gasteiger partial charge on any atom is -0.366 e. The molecule has 1 amide bonds. The van der Waals surface area contributed by atoms with Crippen LogP contribution in [0.25, 0.3) is 0 Å². The molecule has 2 aromatic rings. The molecule has 4 N–H and O–H groups in total. The van der Waals surface area contributed by atoms with Gasteiger partial charge in [0.2, 0.25) is 5.91 Å². The summed E-state index contributed by atoms with van der Waals surface area (Å²) in [6.07, 6.45) is 0. The van der Waals surface area contributed by atoms with Crippen molar-refractivity contribution >= 4 is 57.8 Å². The third-order valence-corrected chi connectivity index (χ3v) is 3.55. The second kappa shape index (κ2) is 6.76. The number of hydrogen-bond donors (Lipinski definition) is 3. The van der Waals surface area contributed by atoms with Gasteiger partial charge in [0.05, 0.1) is 10.0 Å². The van der Waals surface area contributed by atoms with E-state index in [-0.39, 0.29) is 0 Å². The number of nitrogens with two attached hydrogens (primary N) is 1. The molecule has 0 atom stereocenters. The van der Waals surface area contributed by atoms with Crippen LogP contribution >= 0.6 is 35.4 Å². The summed E-state index contributed by atoms with van der Waals surface area (Å²) in [6.45, 7) is 0. The van der Waals surface area contributed by atoms with Crippen molar-refractivity contribution in [2.24, 2.45) is 5.73 Å². The fourth-order valence-corrected chi connectivity index (χ4v) is 2.12. The van der Waals surface area contributed by atoms with Crippen LogP contribution in [-0.2, 0) is 0 Å². The van der Waals surface area contributed by atoms with Crippen LogP contribution < -0.4 is 16.4 Å². The molecule has 0 fully saturated rings. The van der Waals surface area contributed by atoms with E-state index in [9.17, 15) is 4.79 Å². The Bertz CT molecular complexity index is 689. The van der Waals surface area contributed by atoms with E-state index in [4.69, 9.17) is 41.2 Å². The van der Waals surface area contributed by atoms with Crippen LogP contribution in [0.4, 0.5) is 11.4 Å². The molecule has 2 rings (SSSR count). The van der Waals surface area contributed by atoms with Crippen molar-refractivity contribution in [1.29, 1.82) is 0 Å². The van der Waals surface area contributed by atoms with Crippen molar-refractivity contribution in [3.63, 3.8) is 0 Å². The molecule has 0 radical (unpaired) electrons. The maximum absolute atomic E-state index is 11.0. The second-order valence-electron chi connectivity index (χ2n) is 4.15. The Labute approximate surface area is 137 Å². The summed E-state index contributed by atoms with van der Waals surface area (Å²) < 4.78 is 0. The number of carbonyl (C=O) groups is 1. The summed E-state index contributed by atoms with van der Waals surface area (Å²) in [5.41, 5.74) is 7.06. The molecule has 0 saturated carbocycles. The highest BCUT2D eigenvalue weighted by Crippen LogP contribution is 2.25. The summed E-state index contributed by atoms with van der Waals surface area (Å²) >= 11 is 17.0. The highest BCUT2D eigenvalue weighted by atomic mass is 35.5. The average Bonchev–Trinajstić information content (AvgIpc) is 2.43. The zero-order valence-electron chi connectivity index (χ0n) is 10.7. The van der Waals surface area contributed by atoms with E-state index in [1.54, 1.807) is 42.5 Å². The standard InChI is InChI=1S/C14H11Cl2N3OS/c15-11-6-5-10(7-12(11)16)19-14(21)18-9-3-1-8(2-4-9)13(17)20/h1-7H,(H2,17,20)(H2,18,19,21). The highest BCUT2D eigenvalue weighted by Gasteiger charge is 2.03. The molecule has 0 aliphatic heterocycles. The van der Waals surface area contributed by atoms with Gasteiger partial charge in [0.25, 0.3) is 0 Å². The maximum atomic E-state index is 11.0. The van der Waals surface area contributed by atoms with Crippen LogP contribution in [0.1, 0.15) is 10.4 Å². The van der Waals surface area contributed by atoms with Gasteiger partial charge in [-0.25, -0.2) is 0 Å². The van der Waals surface area contributed by atoms with Gasteiger partial charge in [-0.3, -0.25) is 4.79 Å². The molecule has 0 saturated heterocycles. The predicted molar refractivity (Wildman–Crippen MR) is 91.3 cm³/mol. The molecule has 7 heteroatoms. The van der Waals surface area contributed by atoms with E-state index in [0.29, 0.717) is 20.7 Å². The number of rotatable bonds is 3. The number of hydrogen-bond acceptors (Lipinski definition) is 2. The smallest absolute Gasteiger partial charge is 0.248 e. The van der Waals surface area contributed by atoms with Crippen LogP contribution in [0.15, 0.2) is 42.5 Å². The van der Waals surface area contributed by atoms with Crippen molar-refractivity contribution in [2.75, 3.05) is 10.6 Å². The van der Waals surface area contributed by atoms with Gasteiger partial charge in [-0.2, -0.15) is 0 Å². The second-order valence-corrected chi connectivity index (χ2v) is 5.37. The van der Waals surface area contributed by atoms with E-state index >= 15 is 0 Å². The molecule has 0 heterocycles. The van der Waals surface area contributed by atoms with Gasteiger partial charge in [-0.15, -0.1) is 0 Å². The number of thiocarbonyl (C=S) groups is 1. The normalized spacial score (nSPS) is 10.0. The average molecular weight is 340 g/mol. The Morgan fingerprint density at radius 2 is 1.52 bits per heavy atom. The molecule has 0 aromatic heterocycles. The van der Waals surface area contributed by atoms with Crippen molar-refractivity contribution in [3.05, 3.63) is 58.1 Å². The number of halogens is 2. The third-order valence-electron chi connectivity index (χ3n) is 2.60. The lowest BCUT2D eigenvalue weighted by Gasteiger charge is -2.11. The lowest BCUT2D eigenvalue weighted by atomic mass is 10.2. The Hall–Kier alpha value is -1.82. The Kier molecular flexibility index (Phi) is 5.01. The third kappa shape index (κ3) is 4.32. The van der Waals surface area contributed by atoms with Crippen LogP contribution in [-0.4, -0.2) is 11.0 Å². The largest absolute Gasteiger partial charge is 0.366 e. The van der Waals surface area contributed by atoms with Crippen molar-refractivity contribution in [2.45, 2.75) is 0 Å². The minimum atomic E-state index is -0.474. The summed E-state index contributed by atoms with van der Waals surface area (Å²) in [6, 6.07) is 11.8. The highest BCUT2D eigenvalue weighted by molar-refractivity contribution is 7.80. The van der Waals surface area contributed by atoms with Crippen LogP contribution in [0.3, 0.4) is 0 Å². The number of anilines is 2. The molecule has 21 heavy (non-hydrogen) atoms. The Morgan fingerprint density at radius 3 is 2.10 bits per heavy atom. The number of benzene rings is 2. The van der Waals surface area contributed by atoms with Gasteiger partial charge in [0.15, 0.2) is 5.11 Å². The molecular weight excluding hydrogens is 329 g/mol. The van der Waals surface area contributed by atoms with Gasteiger partial charge in [-0.05, 0) is 54.7 Å². The first kappa shape index (κ1) is 15.6. The molecule has 0 aliphatic carbocycles. The zero-order chi connectivity index (χ0) is 15.4. The lowest BCUT2D eigenvalue weighted by molar-refractivity contribution is 0.100. The molecule has 0 unspecified atom stereocenters. The van der Waals surface area contributed by atoms with Crippen molar-refractivity contribution in [1.82, 2.24) is 0 Å². The first-order chi connectivity index (χ1) is 9.95. The van der Waals surface area contributed by atoms with Crippen LogP contribution in [0, 0.1) is 0 Å². The summed E-state index contributed by atoms with van der Waals surface area (Å²) in [5, 5.41) is 7.27. The number of primary amides is 1. The van der Waals surface area contributed by atoms with Gasteiger partial charge in [-0.1, -0.05) is 23.2 Å². The number of amides is 1. The first-order valence-electron chi connectivity index (χ1n) is 5.88. The molecule has 0 bridgehead atoms. The quantitative estimate of drug-likeness (QED) is 0.742. The number of carbonyl (C=O) groups excluding carboxylic acids is 1. The molecular formula is C14H11Cl2N3OS. The van der Waals surface area contributed by atoms with Gasteiger partial charge in [0.1, 0.15) is 0 Å². The van der Waals surface area contributed by atoms with Crippen molar-refractivity contribution in [3.8, 4) is 0 Å². The SMILES string of the molecule is NC(=O)c1ccc(NC(=S)Nc2ccc(Cl)c(Cl)c2)cc1. The minimum absolute atomic E-state index is 0.389. The topological polar surface area (TPSA) is 67.2 Å². The molecule has 0 spiro atoms. The monoisotopic (exact) mass is 339 g/mol. The maximum Gasteiger partial charge on any atom is 0.248 e. The van der Waals surface area contributed by atoms with E-state index in [0.717, 1.165) is 11.4 Å². The summed E-state index contributed by atoms with van der Waals surface area (Å²) in [5.74, 6) is -0.474. The molecule has 108 valence electrons. The Balaban J connectivity index is 2.01. The predicted octanol–water partition coefficient (Wildman–Crippen LogP) is 3.90. The number of nitrogens with one attached hydrogen (secondary N) is 2.